The molecule has 0 N–H and O–H groups in total. The third-order valence-corrected chi connectivity index (χ3v) is 2.92. The molecule has 0 bridgehead atoms. The van der Waals surface area contributed by atoms with E-state index in [1.807, 2.05) is 19.1 Å². The van der Waals surface area contributed by atoms with Gasteiger partial charge in [0.1, 0.15) is 5.83 Å². The number of rotatable bonds is 7. The van der Waals surface area contributed by atoms with Crippen molar-refractivity contribution >= 4 is 15.9 Å². The van der Waals surface area contributed by atoms with Gasteiger partial charge in [-0.2, -0.15) is 4.91 Å². The maximum Gasteiger partial charge on any atom is 0.111 e. The average molecular weight is 290 g/mol. The highest BCUT2D eigenvalue weighted by Crippen LogP contribution is 2.17. The lowest BCUT2D eigenvalue weighted by atomic mass is 10.1. The van der Waals surface area contributed by atoms with Gasteiger partial charge in [0.15, 0.2) is 0 Å². The third kappa shape index (κ3) is 7.51. The Morgan fingerprint density at radius 1 is 1.38 bits per heavy atom. The van der Waals surface area contributed by atoms with Crippen molar-refractivity contribution in [1.82, 2.24) is 0 Å². The molecule has 0 unspecified atom stereocenters. The third-order valence-electron chi connectivity index (χ3n) is 2.11. The molecular weight excluding hydrogens is 273 g/mol. The summed E-state index contributed by atoms with van der Waals surface area (Å²) in [7, 11) is 0. The number of nitrogens with zero attached hydrogens (tertiary/aromatic N) is 1. The topological polar surface area (TPSA) is 29.4 Å². The molecule has 0 heterocycles. The summed E-state index contributed by atoms with van der Waals surface area (Å²) < 4.78 is 13.2. The zero-order chi connectivity index (χ0) is 12.4. The van der Waals surface area contributed by atoms with Gasteiger partial charge >= 0.3 is 0 Å². The minimum absolute atomic E-state index is 0.239. The predicted molar refractivity (Wildman–Crippen MR) is 70.1 cm³/mol. The molecule has 0 saturated heterocycles. The van der Waals surface area contributed by atoms with Crippen LogP contribution in [0.3, 0.4) is 0 Å². The summed E-state index contributed by atoms with van der Waals surface area (Å²) in [6, 6.07) is 0. The van der Waals surface area contributed by atoms with Crippen LogP contribution < -0.4 is 0 Å². The smallest absolute Gasteiger partial charge is 0.111 e. The van der Waals surface area contributed by atoms with Crippen molar-refractivity contribution in [3.05, 3.63) is 39.0 Å². The lowest BCUT2D eigenvalue weighted by Gasteiger charge is -2.00. The summed E-state index contributed by atoms with van der Waals surface area (Å²) in [4.78, 5) is 9.88. The standard InChI is InChI=1S/C12H17BrFNO/c1-3-11(6-4-5-9-15-16)7-8-12(13)10(2)14/h3,7-8H,4-6,9H2,1-2H3/b8-7-,11-3-,12-10-. The first-order valence-electron chi connectivity index (χ1n) is 5.26. The van der Waals surface area contributed by atoms with E-state index < -0.39 is 0 Å². The van der Waals surface area contributed by atoms with Crippen LogP contribution >= 0.6 is 15.9 Å². The monoisotopic (exact) mass is 289 g/mol. The molecule has 0 radical (unpaired) electrons. The summed E-state index contributed by atoms with van der Waals surface area (Å²) in [5.74, 6) is -0.239. The molecule has 0 aromatic heterocycles. The average Bonchev–Trinajstić information content (AvgIpc) is 2.27. The van der Waals surface area contributed by atoms with Crippen LogP contribution in [0.15, 0.2) is 39.3 Å². The second-order valence-corrected chi connectivity index (χ2v) is 4.24. The van der Waals surface area contributed by atoms with Crippen molar-refractivity contribution in [1.29, 1.82) is 0 Å². The Kier molecular flexibility index (Phi) is 9.00. The molecule has 4 heteroatoms. The van der Waals surface area contributed by atoms with Gasteiger partial charge in [-0.05, 0) is 55.1 Å². The van der Waals surface area contributed by atoms with Gasteiger partial charge in [0, 0.05) is 4.48 Å². The molecule has 0 aromatic carbocycles. The van der Waals surface area contributed by atoms with Crippen LogP contribution in [0.2, 0.25) is 0 Å². The van der Waals surface area contributed by atoms with Gasteiger partial charge in [0.25, 0.3) is 0 Å². The number of halogens is 2. The number of hydrogen-bond donors (Lipinski definition) is 0. The quantitative estimate of drug-likeness (QED) is 0.367. The SMILES string of the molecule is C\C=C(/C=C\C(Br)=C(/C)F)CCCCN=O. The fraction of sp³-hybridized carbons (Fsp3) is 0.500. The molecule has 0 aliphatic rings. The van der Waals surface area contributed by atoms with E-state index in [0.29, 0.717) is 11.0 Å². The van der Waals surface area contributed by atoms with E-state index in [-0.39, 0.29) is 5.83 Å². The lowest BCUT2D eigenvalue weighted by molar-refractivity contribution is 0.639. The second kappa shape index (κ2) is 9.46. The van der Waals surface area contributed by atoms with Crippen LogP contribution in [0, 0.1) is 4.91 Å². The zero-order valence-electron chi connectivity index (χ0n) is 9.67. The molecule has 0 aliphatic carbocycles. The molecule has 0 atom stereocenters. The van der Waals surface area contributed by atoms with Crippen LogP contribution in [-0.4, -0.2) is 6.54 Å². The van der Waals surface area contributed by atoms with Gasteiger partial charge in [-0.15, -0.1) is 0 Å². The number of nitroso groups, excluding NO2 is 1. The van der Waals surface area contributed by atoms with Crippen LogP contribution in [0.5, 0.6) is 0 Å². The Morgan fingerprint density at radius 2 is 2.06 bits per heavy atom. The first-order chi connectivity index (χ1) is 7.61. The molecule has 0 aromatic rings. The number of unbranched alkanes of at least 4 members (excludes halogenated alkanes) is 1. The Balaban J connectivity index is 4.12. The van der Waals surface area contributed by atoms with Crippen molar-refractivity contribution in [2.45, 2.75) is 33.1 Å². The Bertz CT molecular complexity index is 304. The normalized spacial score (nSPS) is 14.1. The molecule has 0 spiro atoms. The van der Waals surface area contributed by atoms with E-state index in [9.17, 15) is 9.30 Å². The van der Waals surface area contributed by atoms with Crippen LogP contribution in [0.25, 0.3) is 0 Å². The van der Waals surface area contributed by atoms with Gasteiger partial charge in [0.05, 0.1) is 6.54 Å². The Hall–Kier alpha value is -0.770. The van der Waals surface area contributed by atoms with Gasteiger partial charge in [-0.3, -0.25) is 0 Å². The summed E-state index contributed by atoms with van der Waals surface area (Å²) in [5.41, 5.74) is 1.13. The zero-order valence-corrected chi connectivity index (χ0v) is 11.3. The molecule has 2 nitrogen and oxygen atoms in total. The van der Waals surface area contributed by atoms with Gasteiger partial charge in [-0.25, -0.2) is 4.39 Å². The number of hydrogen-bond acceptors (Lipinski definition) is 2. The van der Waals surface area contributed by atoms with Crippen LogP contribution in [0.4, 0.5) is 4.39 Å². The number of allylic oxidation sites excluding steroid dienone is 6. The lowest BCUT2D eigenvalue weighted by Crippen LogP contribution is -1.83. The molecule has 0 fully saturated rings. The summed E-state index contributed by atoms with van der Waals surface area (Å²) in [6.07, 6.45) is 8.16. The molecule has 0 aliphatic heterocycles. The minimum Gasteiger partial charge on any atom is -0.211 e. The van der Waals surface area contributed by atoms with E-state index in [1.54, 1.807) is 6.08 Å². The van der Waals surface area contributed by atoms with Crippen molar-refractivity contribution in [2.24, 2.45) is 5.18 Å². The maximum absolute atomic E-state index is 12.7. The Morgan fingerprint density at radius 3 is 2.56 bits per heavy atom. The summed E-state index contributed by atoms with van der Waals surface area (Å²) >= 11 is 3.13. The fourth-order valence-corrected chi connectivity index (χ4v) is 1.26. The van der Waals surface area contributed by atoms with E-state index in [1.165, 1.54) is 6.92 Å². The largest absolute Gasteiger partial charge is 0.211 e. The summed E-state index contributed by atoms with van der Waals surface area (Å²) in [6.45, 7) is 3.71. The minimum atomic E-state index is -0.239. The highest BCUT2D eigenvalue weighted by molar-refractivity contribution is 9.11. The highest BCUT2D eigenvalue weighted by atomic mass is 79.9. The van der Waals surface area contributed by atoms with E-state index >= 15 is 0 Å². The van der Waals surface area contributed by atoms with E-state index in [0.717, 1.165) is 24.8 Å². The second-order valence-electron chi connectivity index (χ2n) is 3.39. The van der Waals surface area contributed by atoms with Gasteiger partial charge in [-0.1, -0.05) is 22.9 Å². The highest BCUT2D eigenvalue weighted by Gasteiger charge is 1.95. The van der Waals surface area contributed by atoms with Gasteiger partial charge in [0.2, 0.25) is 0 Å². The molecule has 0 saturated carbocycles. The molecule has 0 rings (SSSR count). The fourth-order valence-electron chi connectivity index (χ4n) is 1.12. The first-order valence-corrected chi connectivity index (χ1v) is 6.05. The maximum atomic E-state index is 12.7. The Labute approximate surface area is 104 Å². The van der Waals surface area contributed by atoms with Crippen molar-refractivity contribution < 1.29 is 4.39 Å². The van der Waals surface area contributed by atoms with E-state index in [2.05, 4.69) is 21.1 Å². The molecule has 16 heavy (non-hydrogen) atoms. The van der Waals surface area contributed by atoms with Crippen molar-refractivity contribution in [2.75, 3.05) is 6.54 Å². The van der Waals surface area contributed by atoms with E-state index in [4.69, 9.17) is 0 Å². The van der Waals surface area contributed by atoms with Crippen molar-refractivity contribution in [3.63, 3.8) is 0 Å². The van der Waals surface area contributed by atoms with Crippen LogP contribution in [0.1, 0.15) is 33.1 Å². The summed E-state index contributed by atoms with van der Waals surface area (Å²) in [5, 5.41) is 2.80. The van der Waals surface area contributed by atoms with Crippen LogP contribution in [-0.2, 0) is 0 Å². The molecular formula is C12H17BrFNO. The predicted octanol–water partition coefficient (Wildman–Crippen LogP) is 5.02. The van der Waals surface area contributed by atoms with Gasteiger partial charge < -0.3 is 0 Å². The molecule has 90 valence electrons. The first kappa shape index (κ1) is 15.2. The van der Waals surface area contributed by atoms with Crippen molar-refractivity contribution in [3.8, 4) is 0 Å². The molecule has 0 amide bonds.